The molecule has 1 aliphatic carbocycles. The Kier molecular flexibility index (Phi) is 5.68. The summed E-state index contributed by atoms with van der Waals surface area (Å²) in [5.74, 6) is 1.43. The van der Waals surface area contributed by atoms with Gasteiger partial charge in [-0.05, 0) is 62.1 Å². The third-order valence-electron chi connectivity index (χ3n) is 4.10. The zero-order valence-electron chi connectivity index (χ0n) is 12.3. The van der Waals surface area contributed by atoms with Gasteiger partial charge in [0.15, 0.2) is 0 Å². The van der Waals surface area contributed by atoms with Crippen molar-refractivity contribution in [1.82, 2.24) is 0 Å². The fourth-order valence-corrected chi connectivity index (χ4v) is 2.94. The number of nitriles is 1. The van der Waals surface area contributed by atoms with Gasteiger partial charge in [0.05, 0.1) is 13.2 Å². The SMILES string of the molecule is COc1ccc(CC(CCC#N)C2=CCCCC2)cc1. The van der Waals surface area contributed by atoms with Gasteiger partial charge in [0.25, 0.3) is 0 Å². The molecule has 0 bridgehead atoms. The van der Waals surface area contributed by atoms with Crippen molar-refractivity contribution in [2.45, 2.75) is 44.9 Å². The standard InChI is InChI=1S/C18H23NO/c1-20-18-11-9-15(10-12-18)14-17(8-5-13-19)16-6-3-2-4-7-16/h6,9-12,17H,2-5,7-8,14H2,1H3. The monoisotopic (exact) mass is 269 g/mol. The summed E-state index contributed by atoms with van der Waals surface area (Å²) in [6.07, 6.45) is 10.1. The number of hydrogen-bond donors (Lipinski definition) is 0. The molecule has 106 valence electrons. The van der Waals surface area contributed by atoms with Crippen LogP contribution in [0.1, 0.15) is 44.1 Å². The number of hydrogen-bond acceptors (Lipinski definition) is 2. The van der Waals surface area contributed by atoms with Crippen LogP contribution in [0.15, 0.2) is 35.9 Å². The van der Waals surface area contributed by atoms with E-state index in [0.29, 0.717) is 12.3 Å². The van der Waals surface area contributed by atoms with Crippen LogP contribution in [0, 0.1) is 17.2 Å². The summed E-state index contributed by atoms with van der Waals surface area (Å²) in [5.41, 5.74) is 2.91. The molecule has 0 heterocycles. The Bertz CT molecular complexity index is 481. The first kappa shape index (κ1) is 14.7. The molecule has 1 unspecified atom stereocenters. The van der Waals surface area contributed by atoms with Crippen molar-refractivity contribution in [3.05, 3.63) is 41.5 Å². The third kappa shape index (κ3) is 4.13. The Balaban J connectivity index is 2.05. The number of ether oxygens (including phenoxy) is 1. The second-order valence-corrected chi connectivity index (χ2v) is 5.47. The molecule has 0 radical (unpaired) electrons. The van der Waals surface area contributed by atoms with Crippen LogP contribution in [0.2, 0.25) is 0 Å². The van der Waals surface area contributed by atoms with Crippen molar-refractivity contribution in [1.29, 1.82) is 5.26 Å². The Morgan fingerprint density at radius 3 is 2.65 bits per heavy atom. The average molecular weight is 269 g/mol. The zero-order chi connectivity index (χ0) is 14.2. The van der Waals surface area contributed by atoms with Gasteiger partial charge in [0.1, 0.15) is 5.75 Å². The van der Waals surface area contributed by atoms with Gasteiger partial charge < -0.3 is 4.74 Å². The largest absolute Gasteiger partial charge is 0.497 e. The molecule has 1 aromatic rings. The molecule has 0 N–H and O–H groups in total. The van der Waals surface area contributed by atoms with E-state index >= 15 is 0 Å². The van der Waals surface area contributed by atoms with E-state index in [1.807, 2.05) is 12.1 Å². The van der Waals surface area contributed by atoms with E-state index in [-0.39, 0.29) is 0 Å². The Morgan fingerprint density at radius 2 is 2.05 bits per heavy atom. The summed E-state index contributed by atoms with van der Waals surface area (Å²) in [6, 6.07) is 10.6. The minimum atomic E-state index is 0.531. The maximum Gasteiger partial charge on any atom is 0.118 e. The van der Waals surface area contributed by atoms with Gasteiger partial charge in [-0.1, -0.05) is 23.8 Å². The number of nitrogens with zero attached hydrogens (tertiary/aromatic N) is 1. The predicted molar refractivity (Wildman–Crippen MR) is 81.6 cm³/mol. The van der Waals surface area contributed by atoms with Crippen LogP contribution in [0.5, 0.6) is 5.75 Å². The summed E-state index contributed by atoms with van der Waals surface area (Å²) in [5, 5.41) is 8.86. The van der Waals surface area contributed by atoms with Gasteiger partial charge >= 0.3 is 0 Å². The van der Waals surface area contributed by atoms with E-state index in [4.69, 9.17) is 10.00 Å². The lowest BCUT2D eigenvalue weighted by Crippen LogP contribution is -2.10. The molecule has 1 atom stereocenters. The average Bonchev–Trinajstić information content (AvgIpc) is 2.53. The van der Waals surface area contributed by atoms with E-state index < -0.39 is 0 Å². The first-order chi connectivity index (χ1) is 9.83. The van der Waals surface area contributed by atoms with Gasteiger partial charge in [-0.15, -0.1) is 0 Å². The second kappa shape index (κ2) is 7.75. The lowest BCUT2D eigenvalue weighted by Gasteiger charge is -2.23. The molecule has 2 rings (SSSR count). The smallest absolute Gasteiger partial charge is 0.118 e. The minimum Gasteiger partial charge on any atom is -0.497 e. The van der Waals surface area contributed by atoms with Crippen LogP contribution in [0.3, 0.4) is 0 Å². The first-order valence-corrected chi connectivity index (χ1v) is 7.52. The summed E-state index contributed by atoms with van der Waals surface area (Å²) < 4.78 is 5.20. The number of allylic oxidation sites excluding steroid dienone is 2. The van der Waals surface area contributed by atoms with Gasteiger partial charge in [-0.3, -0.25) is 0 Å². The molecule has 2 heteroatoms. The van der Waals surface area contributed by atoms with Crippen molar-refractivity contribution in [2.75, 3.05) is 7.11 Å². The predicted octanol–water partition coefficient (Wildman–Crippen LogP) is 4.66. The van der Waals surface area contributed by atoms with Crippen molar-refractivity contribution >= 4 is 0 Å². The van der Waals surface area contributed by atoms with Crippen LogP contribution < -0.4 is 4.74 Å². The summed E-state index contributed by atoms with van der Waals surface area (Å²) in [6.45, 7) is 0. The second-order valence-electron chi connectivity index (χ2n) is 5.47. The minimum absolute atomic E-state index is 0.531. The maximum absolute atomic E-state index is 8.86. The van der Waals surface area contributed by atoms with Gasteiger partial charge in [0, 0.05) is 6.42 Å². The molecule has 0 saturated heterocycles. The molecule has 0 spiro atoms. The van der Waals surface area contributed by atoms with E-state index in [1.54, 1.807) is 12.7 Å². The van der Waals surface area contributed by atoms with Crippen LogP contribution in [0.4, 0.5) is 0 Å². The highest BCUT2D eigenvalue weighted by atomic mass is 16.5. The molecule has 0 aliphatic heterocycles. The molecule has 20 heavy (non-hydrogen) atoms. The van der Waals surface area contributed by atoms with Gasteiger partial charge in [-0.25, -0.2) is 0 Å². The summed E-state index contributed by atoms with van der Waals surface area (Å²) >= 11 is 0. The molecular weight excluding hydrogens is 246 g/mol. The lowest BCUT2D eigenvalue weighted by atomic mass is 9.83. The molecule has 0 aromatic heterocycles. The normalized spacial score (nSPS) is 16.1. The first-order valence-electron chi connectivity index (χ1n) is 7.52. The van der Waals surface area contributed by atoms with E-state index in [2.05, 4.69) is 24.3 Å². The molecule has 0 saturated carbocycles. The third-order valence-corrected chi connectivity index (χ3v) is 4.10. The van der Waals surface area contributed by atoms with E-state index in [1.165, 1.54) is 31.2 Å². The number of methoxy groups -OCH3 is 1. The molecule has 2 nitrogen and oxygen atoms in total. The lowest BCUT2D eigenvalue weighted by molar-refractivity contribution is 0.414. The van der Waals surface area contributed by atoms with Crippen LogP contribution in [0.25, 0.3) is 0 Å². The molecule has 0 amide bonds. The molecule has 1 aliphatic rings. The van der Waals surface area contributed by atoms with Crippen molar-refractivity contribution in [3.8, 4) is 11.8 Å². The van der Waals surface area contributed by atoms with Crippen molar-refractivity contribution < 1.29 is 4.74 Å². The molecule has 0 fully saturated rings. The summed E-state index contributed by atoms with van der Waals surface area (Å²) in [7, 11) is 1.69. The quantitative estimate of drug-likeness (QED) is 0.704. The fourth-order valence-electron chi connectivity index (χ4n) is 2.94. The Hall–Kier alpha value is -1.75. The van der Waals surface area contributed by atoms with Crippen molar-refractivity contribution in [2.24, 2.45) is 5.92 Å². The highest BCUT2D eigenvalue weighted by Crippen LogP contribution is 2.30. The Morgan fingerprint density at radius 1 is 1.25 bits per heavy atom. The number of benzene rings is 1. The topological polar surface area (TPSA) is 33.0 Å². The van der Waals surface area contributed by atoms with E-state index in [9.17, 15) is 0 Å². The summed E-state index contributed by atoms with van der Waals surface area (Å²) in [4.78, 5) is 0. The van der Waals surface area contributed by atoms with Crippen molar-refractivity contribution in [3.63, 3.8) is 0 Å². The number of rotatable bonds is 6. The van der Waals surface area contributed by atoms with Gasteiger partial charge in [0.2, 0.25) is 0 Å². The van der Waals surface area contributed by atoms with Crippen LogP contribution in [-0.4, -0.2) is 7.11 Å². The van der Waals surface area contributed by atoms with Crippen LogP contribution in [-0.2, 0) is 6.42 Å². The van der Waals surface area contributed by atoms with Gasteiger partial charge in [-0.2, -0.15) is 5.26 Å². The molecular formula is C18H23NO. The van der Waals surface area contributed by atoms with Crippen LogP contribution >= 0.6 is 0 Å². The highest BCUT2D eigenvalue weighted by molar-refractivity contribution is 5.28. The molecule has 1 aromatic carbocycles. The maximum atomic E-state index is 8.86. The van der Waals surface area contributed by atoms with E-state index in [0.717, 1.165) is 18.6 Å². The fraction of sp³-hybridized carbons (Fsp3) is 0.500. The highest BCUT2D eigenvalue weighted by Gasteiger charge is 2.16. The Labute approximate surface area is 122 Å². The zero-order valence-corrected chi connectivity index (χ0v) is 12.3.